The first kappa shape index (κ1) is 22.1. The van der Waals surface area contributed by atoms with Crippen molar-refractivity contribution in [2.75, 3.05) is 19.7 Å². The number of aromatic amines is 1. The number of nitrogens with zero attached hydrogens (tertiary/aromatic N) is 3. The van der Waals surface area contributed by atoms with Gasteiger partial charge in [0.15, 0.2) is 0 Å². The van der Waals surface area contributed by atoms with E-state index in [0.717, 1.165) is 53.2 Å². The minimum atomic E-state index is -0.158. The van der Waals surface area contributed by atoms with Crippen molar-refractivity contribution in [3.63, 3.8) is 0 Å². The summed E-state index contributed by atoms with van der Waals surface area (Å²) in [6.45, 7) is 7.53. The van der Waals surface area contributed by atoms with Crippen molar-refractivity contribution in [2.24, 2.45) is 11.3 Å². The Balaban J connectivity index is 1.34. The molecule has 2 amide bonds. The third kappa shape index (κ3) is 3.94. The minimum Gasteiger partial charge on any atom is -0.493 e. The van der Waals surface area contributed by atoms with E-state index in [0.29, 0.717) is 30.1 Å². The Kier molecular flexibility index (Phi) is 5.09. The van der Waals surface area contributed by atoms with Crippen LogP contribution in [0.5, 0.6) is 5.75 Å². The Hall–Kier alpha value is -3.42. The monoisotopic (exact) mass is 473 g/mol. The summed E-state index contributed by atoms with van der Waals surface area (Å²) in [5.74, 6) is 1.34. The normalized spacial score (nSPS) is 20.4. The SMILES string of the molecule is CC(=O)N1C[C@@H](NC(=O)c2c(C)[nH]c3c(-c4cc(C)ccc4OCC4CC4)ncnc23)C2(CC2)C1. The van der Waals surface area contributed by atoms with Gasteiger partial charge in [-0.25, -0.2) is 9.97 Å². The van der Waals surface area contributed by atoms with Crippen molar-refractivity contribution in [1.29, 1.82) is 0 Å². The van der Waals surface area contributed by atoms with Gasteiger partial charge in [0.1, 0.15) is 23.3 Å². The maximum Gasteiger partial charge on any atom is 0.255 e. The quantitative estimate of drug-likeness (QED) is 0.568. The number of likely N-dealkylation sites (tertiary alicyclic amines) is 1. The molecular formula is C27H31N5O3. The average Bonchev–Trinajstić information content (AvgIpc) is 3.73. The number of amides is 2. The van der Waals surface area contributed by atoms with Crippen LogP contribution >= 0.6 is 0 Å². The van der Waals surface area contributed by atoms with Crippen molar-refractivity contribution in [2.45, 2.75) is 52.5 Å². The average molecular weight is 474 g/mol. The molecule has 3 aromatic rings. The summed E-state index contributed by atoms with van der Waals surface area (Å²) in [5.41, 5.74) is 5.38. The molecule has 1 saturated heterocycles. The van der Waals surface area contributed by atoms with E-state index in [1.54, 1.807) is 6.92 Å². The van der Waals surface area contributed by atoms with Gasteiger partial charge in [0, 0.05) is 36.7 Å². The van der Waals surface area contributed by atoms with Crippen LogP contribution in [-0.2, 0) is 4.79 Å². The lowest BCUT2D eigenvalue weighted by molar-refractivity contribution is -0.128. The molecule has 2 aliphatic carbocycles. The molecule has 0 unspecified atom stereocenters. The second kappa shape index (κ2) is 8.07. The number of carbonyl (C=O) groups is 2. The number of benzene rings is 1. The summed E-state index contributed by atoms with van der Waals surface area (Å²) in [4.78, 5) is 39.8. The van der Waals surface area contributed by atoms with Gasteiger partial charge in [-0.1, -0.05) is 11.6 Å². The molecule has 6 rings (SSSR count). The van der Waals surface area contributed by atoms with Crippen molar-refractivity contribution in [1.82, 2.24) is 25.2 Å². The molecule has 1 aliphatic heterocycles. The van der Waals surface area contributed by atoms with Gasteiger partial charge in [0.25, 0.3) is 5.91 Å². The summed E-state index contributed by atoms with van der Waals surface area (Å²) >= 11 is 0. The van der Waals surface area contributed by atoms with Gasteiger partial charge in [0.05, 0.1) is 23.7 Å². The van der Waals surface area contributed by atoms with Gasteiger partial charge in [0.2, 0.25) is 5.91 Å². The van der Waals surface area contributed by atoms with Crippen LogP contribution < -0.4 is 10.1 Å². The van der Waals surface area contributed by atoms with Crippen LogP contribution in [0.4, 0.5) is 0 Å². The van der Waals surface area contributed by atoms with E-state index in [4.69, 9.17) is 4.74 Å². The highest BCUT2D eigenvalue weighted by molar-refractivity contribution is 6.09. The first-order valence-electron chi connectivity index (χ1n) is 12.5. The molecule has 1 spiro atoms. The van der Waals surface area contributed by atoms with Gasteiger partial charge < -0.3 is 19.9 Å². The first-order valence-corrected chi connectivity index (χ1v) is 12.5. The Morgan fingerprint density at radius 1 is 1.23 bits per heavy atom. The molecule has 35 heavy (non-hydrogen) atoms. The number of aromatic nitrogens is 3. The number of ether oxygens (including phenoxy) is 1. The van der Waals surface area contributed by atoms with Crippen molar-refractivity contribution in [3.05, 3.63) is 41.3 Å². The lowest BCUT2D eigenvalue weighted by atomic mass is 10.00. The molecular weight excluding hydrogens is 442 g/mol. The predicted molar refractivity (Wildman–Crippen MR) is 132 cm³/mol. The summed E-state index contributed by atoms with van der Waals surface area (Å²) in [7, 11) is 0. The predicted octanol–water partition coefficient (Wildman–Crippen LogP) is 3.77. The molecule has 2 saturated carbocycles. The maximum atomic E-state index is 13.5. The summed E-state index contributed by atoms with van der Waals surface area (Å²) < 4.78 is 6.17. The third-order valence-electron chi connectivity index (χ3n) is 7.85. The van der Waals surface area contributed by atoms with Crippen LogP contribution in [0, 0.1) is 25.2 Å². The molecule has 3 aliphatic rings. The fourth-order valence-electron chi connectivity index (χ4n) is 5.36. The fourth-order valence-corrected chi connectivity index (χ4v) is 5.36. The van der Waals surface area contributed by atoms with E-state index in [-0.39, 0.29) is 23.3 Å². The van der Waals surface area contributed by atoms with E-state index < -0.39 is 0 Å². The lowest BCUT2D eigenvalue weighted by Crippen LogP contribution is -2.41. The number of fused-ring (bicyclic) bond motifs is 1. The molecule has 0 bridgehead atoms. The number of hydrogen-bond donors (Lipinski definition) is 2. The van der Waals surface area contributed by atoms with Gasteiger partial charge in [-0.2, -0.15) is 0 Å². The molecule has 3 fully saturated rings. The highest BCUT2D eigenvalue weighted by Gasteiger charge is 2.56. The van der Waals surface area contributed by atoms with E-state index in [1.165, 1.54) is 19.2 Å². The van der Waals surface area contributed by atoms with Gasteiger partial charge in [-0.05, 0) is 57.6 Å². The van der Waals surface area contributed by atoms with Crippen LogP contribution in [0.1, 0.15) is 54.2 Å². The van der Waals surface area contributed by atoms with Crippen molar-refractivity contribution >= 4 is 22.8 Å². The van der Waals surface area contributed by atoms with Gasteiger partial charge in [-0.15, -0.1) is 0 Å². The Morgan fingerprint density at radius 3 is 2.74 bits per heavy atom. The molecule has 1 aromatic carbocycles. The standard InChI is InChI=1S/C27H31N5O3/c1-15-4-7-20(35-12-18-5-6-18)19(10-15)23-25-24(29-14-28-23)22(16(2)30-25)26(34)31-21-11-32(17(3)33)13-27(21)8-9-27/h4,7,10,14,18,21,30H,5-6,8-9,11-13H2,1-3H3,(H,31,34)/t21-/m1/s1. The molecule has 0 radical (unpaired) electrons. The summed E-state index contributed by atoms with van der Waals surface area (Å²) in [6, 6.07) is 6.08. The lowest BCUT2D eigenvalue weighted by Gasteiger charge is -2.18. The second-order valence-corrected chi connectivity index (χ2v) is 10.6. The van der Waals surface area contributed by atoms with Crippen LogP contribution in [0.3, 0.4) is 0 Å². The second-order valence-electron chi connectivity index (χ2n) is 10.6. The highest BCUT2D eigenvalue weighted by Crippen LogP contribution is 2.53. The number of H-pyrrole nitrogens is 1. The zero-order valence-corrected chi connectivity index (χ0v) is 20.5. The van der Waals surface area contributed by atoms with Crippen LogP contribution in [0.25, 0.3) is 22.3 Å². The maximum absolute atomic E-state index is 13.5. The number of aryl methyl sites for hydroxylation is 2. The molecule has 2 N–H and O–H groups in total. The molecule has 182 valence electrons. The molecule has 1 atom stereocenters. The van der Waals surface area contributed by atoms with E-state index in [9.17, 15) is 9.59 Å². The summed E-state index contributed by atoms with van der Waals surface area (Å²) in [6.07, 6.45) is 6.04. The van der Waals surface area contributed by atoms with Crippen LogP contribution in [-0.4, -0.2) is 57.4 Å². The zero-order chi connectivity index (χ0) is 24.3. The topological polar surface area (TPSA) is 100 Å². The third-order valence-corrected chi connectivity index (χ3v) is 7.85. The highest BCUT2D eigenvalue weighted by atomic mass is 16.5. The van der Waals surface area contributed by atoms with Crippen molar-refractivity contribution < 1.29 is 14.3 Å². The number of carbonyl (C=O) groups excluding carboxylic acids is 2. The zero-order valence-electron chi connectivity index (χ0n) is 20.5. The molecule has 3 heterocycles. The van der Waals surface area contributed by atoms with Crippen molar-refractivity contribution in [3.8, 4) is 17.0 Å². The summed E-state index contributed by atoms with van der Waals surface area (Å²) in [5, 5.41) is 3.23. The molecule has 8 nitrogen and oxygen atoms in total. The molecule has 8 heteroatoms. The van der Waals surface area contributed by atoms with E-state index >= 15 is 0 Å². The Morgan fingerprint density at radius 2 is 2.03 bits per heavy atom. The van der Waals surface area contributed by atoms with Crippen LogP contribution in [0.15, 0.2) is 24.5 Å². The largest absolute Gasteiger partial charge is 0.493 e. The number of rotatable bonds is 6. The van der Waals surface area contributed by atoms with Gasteiger partial charge in [-0.3, -0.25) is 9.59 Å². The first-order chi connectivity index (χ1) is 16.8. The van der Waals surface area contributed by atoms with Gasteiger partial charge >= 0.3 is 0 Å². The number of nitrogens with one attached hydrogen (secondary N) is 2. The van der Waals surface area contributed by atoms with E-state index in [1.807, 2.05) is 30.9 Å². The Labute approximate surface area is 204 Å². The molecule has 2 aromatic heterocycles. The van der Waals surface area contributed by atoms with Crippen LogP contribution in [0.2, 0.25) is 0 Å². The minimum absolute atomic E-state index is 0.0247. The number of hydrogen-bond acceptors (Lipinski definition) is 5. The van der Waals surface area contributed by atoms with E-state index in [2.05, 4.69) is 26.3 Å². The Bertz CT molecular complexity index is 1340. The smallest absolute Gasteiger partial charge is 0.255 e. The fraction of sp³-hybridized carbons (Fsp3) is 0.481.